The summed E-state index contributed by atoms with van der Waals surface area (Å²) in [7, 11) is 0. The molecule has 1 aliphatic carbocycles. The smallest absolute Gasteiger partial charge is 0.00124 e. The summed E-state index contributed by atoms with van der Waals surface area (Å²) in [6.07, 6.45) is 4.38. The summed E-state index contributed by atoms with van der Waals surface area (Å²) in [5.74, 6) is 3.03. The van der Waals surface area contributed by atoms with E-state index in [0.717, 1.165) is 17.8 Å². The molecule has 3 atom stereocenters. The van der Waals surface area contributed by atoms with E-state index in [2.05, 4.69) is 18.7 Å². The van der Waals surface area contributed by atoms with Crippen LogP contribution in [0.5, 0.6) is 0 Å². The van der Waals surface area contributed by atoms with E-state index in [9.17, 15) is 0 Å². The van der Waals surface area contributed by atoms with Crippen LogP contribution in [0, 0.1) is 17.8 Å². The average Bonchev–Trinajstić information content (AvgIpc) is 2.66. The highest BCUT2D eigenvalue weighted by molar-refractivity contribution is 4.86. The summed E-state index contributed by atoms with van der Waals surface area (Å²) in [5.41, 5.74) is 0. The highest BCUT2D eigenvalue weighted by Gasteiger charge is 2.34. The molecule has 0 aromatic rings. The van der Waals surface area contributed by atoms with Gasteiger partial charge in [0.2, 0.25) is 0 Å². The first-order chi connectivity index (χ1) is 5.75. The van der Waals surface area contributed by atoms with Gasteiger partial charge in [0.05, 0.1) is 0 Å². The van der Waals surface area contributed by atoms with Crippen molar-refractivity contribution in [1.29, 1.82) is 0 Å². The second kappa shape index (κ2) is 3.37. The second-order valence-corrected chi connectivity index (χ2v) is 4.98. The molecule has 1 aliphatic heterocycles. The van der Waals surface area contributed by atoms with Gasteiger partial charge in [-0.3, -0.25) is 0 Å². The first-order valence-electron chi connectivity index (χ1n) is 5.48. The highest BCUT2D eigenvalue weighted by Crippen LogP contribution is 2.38. The van der Waals surface area contributed by atoms with Gasteiger partial charge < -0.3 is 4.90 Å². The van der Waals surface area contributed by atoms with Gasteiger partial charge in [-0.25, -0.2) is 0 Å². The third-order valence-corrected chi connectivity index (χ3v) is 3.51. The molecule has 0 N–H and O–H groups in total. The van der Waals surface area contributed by atoms with Gasteiger partial charge in [-0.05, 0) is 43.6 Å². The molecule has 2 fully saturated rings. The van der Waals surface area contributed by atoms with Gasteiger partial charge in [0.15, 0.2) is 0 Å². The molecule has 2 rings (SSSR count). The van der Waals surface area contributed by atoms with E-state index in [4.69, 9.17) is 0 Å². The van der Waals surface area contributed by atoms with Crippen molar-refractivity contribution in [2.45, 2.75) is 33.1 Å². The van der Waals surface area contributed by atoms with Crippen LogP contribution in [0.15, 0.2) is 0 Å². The van der Waals surface area contributed by atoms with Gasteiger partial charge in [-0.15, -0.1) is 0 Å². The molecule has 0 amide bonds. The maximum absolute atomic E-state index is 2.68. The number of hydrogen-bond acceptors (Lipinski definition) is 1. The molecule has 1 heteroatoms. The molecule has 0 aromatic heterocycles. The molecular weight excluding hydrogens is 146 g/mol. The second-order valence-electron chi connectivity index (χ2n) is 4.98. The Balaban J connectivity index is 1.72. The van der Waals surface area contributed by atoms with Gasteiger partial charge in [0.25, 0.3) is 0 Å². The predicted molar refractivity (Wildman–Crippen MR) is 52.1 cm³/mol. The Hall–Kier alpha value is -0.0400. The number of piperidine rings is 1. The van der Waals surface area contributed by atoms with Crippen molar-refractivity contribution in [2.75, 3.05) is 19.6 Å². The molecule has 2 aliphatic rings. The molecule has 0 bridgehead atoms. The van der Waals surface area contributed by atoms with Crippen LogP contribution in [0.2, 0.25) is 0 Å². The van der Waals surface area contributed by atoms with Crippen molar-refractivity contribution in [1.82, 2.24) is 4.90 Å². The average molecular weight is 167 g/mol. The zero-order valence-electron chi connectivity index (χ0n) is 8.42. The van der Waals surface area contributed by atoms with Crippen molar-refractivity contribution < 1.29 is 0 Å². The Morgan fingerprint density at radius 3 is 2.67 bits per heavy atom. The normalized spacial score (nSPS) is 43.0. The monoisotopic (exact) mass is 167 g/mol. The van der Waals surface area contributed by atoms with E-state index < -0.39 is 0 Å². The Bertz CT molecular complexity index is 155. The lowest BCUT2D eigenvalue weighted by Gasteiger charge is -2.30. The lowest BCUT2D eigenvalue weighted by Crippen LogP contribution is -2.35. The fourth-order valence-electron chi connectivity index (χ4n) is 2.44. The summed E-state index contributed by atoms with van der Waals surface area (Å²) in [6, 6.07) is 0. The zero-order valence-corrected chi connectivity index (χ0v) is 8.42. The fourth-order valence-corrected chi connectivity index (χ4v) is 2.44. The summed E-state index contributed by atoms with van der Waals surface area (Å²) in [6.45, 7) is 8.91. The highest BCUT2D eigenvalue weighted by atomic mass is 15.1. The van der Waals surface area contributed by atoms with E-state index in [1.165, 1.54) is 38.9 Å². The molecule has 3 unspecified atom stereocenters. The maximum atomic E-state index is 2.68. The van der Waals surface area contributed by atoms with Crippen molar-refractivity contribution in [3.05, 3.63) is 0 Å². The van der Waals surface area contributed by atoms with Gasteiger partial charge >= 0.3 is 0 Å². The molecule has 70 valence electrons. The van der Waals surface area contributed by atoms with Crippen molar-refractivity contribution in [3.63, 3.8) is 0 Å². The minimum atomic E-state index is 0.952. The predicted octanol–water partition coefficient (Wildman–Crippen LogP) is 2.37. The molecule has 0 radical (unpaired) electrons. The van der Waals surface area contributed by atoms with Gasteiger partial charge in [-0.1, -0.05) is 13.8 Å². The zero-order chi connectivity index (χ0) is 8.55. The van der Waals surface area contributed by atoms with Crippen LogP contribution in [0.1, 0.15) is 33.1 Å². The van der Waals surface area contributed by atoms with Crippen LogP contribution in [0.25, 0.3) is 0 Å². The van der Waals surface area contributed by atoms with Gasteiger partial charge in [-0.2, -0.15) is 0 Å². The SMILES string of the molecule is CC1CCCN(CC2CC2C)C1. The topological polar surface area (TPSA) is 3.24 Å². The number of hydrogen-bond donors (Lipinski definition) is 0. The van der Waals surface area contributed by atoms with E-state index in [-0.39, 0.29) is 0 Å². The molecule has 1 saturated carbocycles. The molecule has 12 heavy (non-hydrogen) atoms. The van der Waals surface area contributed by atoms with E-state index in [1.54, 1.807) is 0 Å². The largest absolute Gasteiger partial charge is 0.303 e. The summed E-state index contributed by atoms with van der Waals surface area (Å²) in [4.78, 5) is 2.68. The fraction of sp³-hybridized carbons (Fsp3) is 1.00. The minimum absolute atomic E-state index is 0.952. The molecule has 1 saturated heterocycles. The lowest BCUT2D eigenvalue weighted by atomic mass is 10.00. The van der Waals surface area contributed by atoms with E-state index in [1.807, 2.05) is 0 Å². The van der Waals surface area contributed by atoms with Crippen LogP contribution in [0.4, 0.5) is 0 Å². The molecule has 0 aromatic carbocycles. The van der Waals surface area contributed by atoms with Crippen LogP contribution < -0.4 is 0 Å². The van der Waals surface area contributed by atoms with Crippen LogP contribution >= 0.6 is 0 Å². The summed E-state index contributed by atoms with van der Waals surface area (Å²) < 4.78 is 0. The third-order valence-electron chi connectivity index (χ3n) is 3.51. The number of nitrogens with zero attached hydrogens (tertiary/aromatic N) is 1. The van der Waals surface area contributed by atoms with Gasteiger partial charge in [0, 0.05) is 13.1 Å². The first kappa shape index (κ1) is 8.55. The van der Waals surface area contributed by atoms with E-state index in [0.29, 0.717) is 0 Å². The van der Waals surface area contributed by atoms with E-state index >= 15 is 0 Å². The molecule has 1 heterocycles. The number of likely N-dealkylation sites (tertiary alicyclic amines) is 1. The van der Waals surface area contributed by atoms with Gasteiger partial charge in [0.1, 0.15) is 0 Å². The van der Waals surface area contributed by atoms with Crippen molar-refractivity contribution in [2.24, 2.45) is 17.8 Å². The lowest BCUT2D eigenvalue weighted by molar-refractivity contribution is 0.175. The summed E-state index contributed by atoms with van der Waals surface area (Å²) in [5, 5.41) is 0. The standard InChI is InChI=1S/C11H21N/c1-9-4-3-5-12(7-9)8-11-6-10(11)2/h9-11H,3-8H2,1-2H3. The molecule has 1 nitrogen and oxygen atoms in total. The Labute approximate surface area is 76.1 Å². The van der Waals surface area contributed by atoms with Crippen molar-refractivity contribution >= 4 is 0 Å². The summed E-state index contributed by atoms with van der Waals surface area (Å²) >= 11 is 0. The Morgan fingerprint density at radius 1 is 1.33 bits per heavy atom. The first-order valence-corrected chi connectivity index (χ1v) is 5.48. The van der Waals surface area contributed by atoms with Crippen LogP contribution in [0.3, 0.4) is 0 Å². The van der Waals surface area contributed by atoms with Crippen LogP contribution in [-0.4, -0.2) is 24.5 Å². The Morgan fingerprint density at radius 2 is 2.08 bits per heavy atom. The molecular formula is C11H21N. The molecule has 0 spiro atoms. The third kappa shape index (κ3) is 2.01. The minimum Gasteiger partial charge on any atom is -0.303 e. The quantitative estimate of drug-likeness (QED) is 0.610. The van der Waals surface area contributed by atoms with Crippen LogP contribution in [-0.2, 0) is 0 Å². The maximum Gasteiger partial charge on any atom is 0.00124 e. The Kier molecular flexibility index (Phi) is 2.40. The number of rotatable bonds is 2. The van der Waals surface area contributed by atoms with Crippen molar-refractivity contribution in [3.8, 4) is 0 Å².